The van der Waals surface area contributed by atoms with Gasteiger partial charge in [-0.3, -0.25) is 0 Å². The van der Waals surface area contributed by atoms with Gasteiger partial charge in [-0.2, -0.15) is 0 Å². The summed E-state index contributed by atoms with van der Waals surface area (Å²) in [7, 11) is 0. The first-order valence-corrected chi connectivity index (χ1v) is 11.3. The van der Waals surface area contributed by atoms with Crippen LogP contribution in [0.1, 0.15) is 85.0 Å². The number of nitrogens with one attached hydrogen (secondary N) is 1. The van der Waals surface area contributed by atoms with Crippen molar-refractivity contribution < 1.29 is 9.53 Å². The number of alkyl carbamates (subject to hydrolysis) is 1. The number of amides is 1. The second-order valence-corrected chi connectivity index (χ2v) is 9.93. The molecule has 1 aliphatic carbocycles. The fourth-order valence-electron chi connectivity index (χ4n) is 4.78. The number of allylic oxidation sites excluding steroid dienone is 2. The van der Waals surface area contributed by atoms with Gasteiger partial charge in [0.05, 0.1) is 0 Å². The average Bonchev–Trinajstić information content (AvgIpc) is 3.17. The Morgan fingerprint density at radius 2 is 1.89 bits per heavy atom. The van der Waals surface area contributed by atoms with Crippen molar-refractivity contribution in [1.29, 1.82) is 0 Å². The average molecular weight is 377 g/mol. The fourth-order valence-corrected chi connectivity index (χ4v) is 4.78. The van der Waals surface area contributed by atoms with E-state index in [2.05, 4.69) is 22.4 Å². The van der Waals surface area contributed by atoms with Crippen LogP contribution in [0.4, 0.5) is 4.79 Å². The summed E-state index contributed by atoms with van der Waals surface area (Å²) in [5, 5.41) is 3.20. The molecule has 2 heterocycles. The largest absolute Gasteiger partial charge is 0.444 e. The highest BCUT2D eigenvalue weighted by molar-refractivity contribution is 5.68. The fraction of sp³-hybridized carbons (Fsp3) is 0.870. The molecular weight excluding hydrogens is 336 g/mol. The summed E-state index contributed by atoms with van der Waals surface area (Å²) >= 11 is 0. The van der Waals surface area contributed by atoms with Crippen LogP contribution in [0.15, 0.2) is 12.2 Å². The Bertz CT molecular complexity index is 511. The van der Waals surface area contributed by atoms with Crippen molar-refractivity contribution >= 4 is 6.09 Å². The molecule has 27 heavy (non-hydrogen) atoms. The summed E-state index contributed by atoms with van der Waals surface area (Å²) in [5.41, 5.74) is -0.434. The molecular formula is C23H40N2O2. The van der Waals surface area contributed by atoms with Crippen LogP contribution < -0.4 is 5.32 Å². The summed E-state index contributed by atoms with van der Waals surface area (Å²) < 4.78 is 5.52. The zero-order chi connectivity index (χ0) is 19.3. The highest BCUT2D eigenvalue weighted by atomic mass is 16.6. The third-order valence-corrected chi connectivity index (χ3v) is 6.35. The van der Waals surface area contributed by atoms with Gasteiger partial charge in [-0.15, -0.1) is 0 Å². The zero-order valence-electron chi connectivity index (χ0n) is 17.7. The lowest BCUT2D eigenvalue weighted by molar-refractivity contribution is 0.0490. The van der Waals surface area contributed by atoms with E-state index in [1.807, 2.05) is 20.8 Å². The SMILES string of the molecule is CC(C)(C)OC(=O)NC1CCCCC/C=C\C2CC2CCN2CCCC2C1. The van der Waals surface area contributed by atoms with Gasteiger partial charge in [-0.1, -0.05) is 25.0 Å². The molecule has 0 spiro atoms. The number of fused-ring (bicyclic) bond motifs is 2. The lowest BCUT2D eigenvalue weighted by atomic mass is 9.99. The van der Waals surface area contributed by atoms with Crippen molar-refractivity contribution in [3.05, 3.63) is 12.2 Å². The quantitative estimate of drug-likeness (QED) is 0.633. The van der Waals surface area contributed by atoms with Crippen LogP contribution in [0.2, 0.25) is 0 Å². The minimum atomic E-state index is -0.434. The molecule has 0 aromatic heterocycles. The van der Waals surface area contributed by atoms with Gasteiger partial charge in [0, 0.05) is 12.1 Å². The van der Waals surface area contributed by atoms with Crippen LogP contribution in [0, 0.1) is 11.8 Å². The molecule has 1 N–H and O–H groups in total. The Kier molecular flexibility index (Phi) is 7.24. The highest BCUT2D eigenvalue weighted by Gasteiger charge is 2.36. The van der Waals surface area contributed by atoms with Gasteiger partial charge in [0.1, 0.15) is 5.60 Å². The molecule has 4 heteroatoms. The summed E-state index contributed by atoms with van der Waals surface area (Å²) in [6, 6.07) is 0.864. The van der Waals surface area contributed by atoms with Crippen LogP contribution in [-0.4, -0.2) is 41.8 Å². The predicted molar refractivity (Wildman–Crippen MR) is 111 cm³/mol. The maximum atomic E-state index is 12.3. The van der Waals surface area contributed by atoms with Gasteiger partial charge in [0.2, 0.25) is 0 Å². The number of carbonyl (C=O) groups excluding carboxylic acids is 1. The summed E-state index contributed by atoms with van der Waals surface area (Å²) in [6.07, 6.45) is 17.0. The lowest BCUT2D eigenvalue weighted by Gasteiger charge is -2.29. The highest BCUT2D eigenvalue weighted by Crippen LogP contribution is 2.43. The van der Waals surface area contributed by atoms with Gasteiger partial charge in [0.15, 0.2) is 0 Å². The summed E-state index contributed by atoms with van der Waals surface area (Å²) in [6.45, 7) is 8.26. The van der Waals surface area contributed by atoms with Crippen LogP contribution >= 0.6 is 0 Å². The van der Waals surface area contributed by atoms with E-state index in [0.29, 0.717) is 6.04 Å². The standard InChI is InChI=1S/C23H40N2O2/c1-23(2,3)27-22(26)24-20-11-8-6-4-5-7-10-18-16-19(18)13-15-25-14-9-12-21(25)17-20/h7,10,18-21H,4-6,8-9,11-17H2,1-3H3,(H,24,26)/b10-7-. The van der Waals surface area contributed by atoms with Crippen molar-refractivity contribution in [3.63, 3.8) is 0 Å². The van der Waals surface area contributed by atoms with Crippen molar-refractivity contribution in [2.24, 2.45) is 11.8 Å². The minimum Gasteiger partial charge on any atom is -0.444 e. The van der Waals surface area contributed by atoms with E-state index in [1.54, 1.807) is 0 Å². The molecule has 4 nitrogen and oxygen atoms in total. The van der Waals surface area contributed by atoms with Gasteiger partial charge in [-0.05, 0) is 97.1 Å². The number of rotatable bonds is 1. The molecule has 0 aromatic carbocycles. The second-order valence-electron chi connectivity index (χ2n) is 9.93. The van der Waals surface area contributed by atoms with Crippen molar-refractivity contribution in [2.75, 3.05) is 13.1 Å². The van der Waals surface area contributed by atoms with Crippen molar-refractivity contribution in [2.45, 2.75) is 103 Å². The van der Waals surface area contributed by atoms with Gasteiger partial charge >= 0.3 is 6.09 Å². The molecule has 154 valence electrons. The van der Waals surface area contributed by atoms with Crippen LogP contribution in [-0.2, 0) is 4.74 Å². The second kappa shape index (κ2) is 9.45. The molecule has 1 saturated carbocycles. The van der Waals surface area contributed by atoms with Crippen molar-refractivity contribution in [3.8, 4) is 0 Å². The smallest absolute Gasteiger partial charge is 0.407 e. The molecule has 2 aliphatic heterocycles. The molecule has 3 aliphatic rings. The van der Waals surface area contributed by atoms with Crippen LogP contribution in [0.25, 0.3) is 0 Å². The molecule has 4 unspecified atom stereocenters. The van der Waals surface area contributed by atoms with Crippen LogP contribution in [0.5, 0.6) is 0 Å². The number of ether oxygens (including phenoxy) is 1. The Balaban J connectivity index is 1.58. The van der Waals surface area contributed by atoms with Gasteiger partial charge < -0.3 is 15.0 Å². The maximum absolute atomic E-state index is 12.3. The number of hydrogen-bond donors (Lipinski definition) is 1. The lowest BCUT2D eigenvalue weighted by Crippen LogP contribution is -2.43. The Morgan fingerprint density at radius 3 is 2.70 bits per heavy atom. The number of nitrogens with zero attached hydrogens (tertiary/aromatic N) is 1. The minimum absolute atomic E-state index is 0.236. The first-order valence-electron chi connectivity index (χ1n) is 11.3. The zero-order valence-corrected chi connectivity index (χ0v) is 17.7. The first-order chi connectivity index (χ1) is 12.9. The van der Waals surface area contributed by atoms with E-state index < -0.39 is 5.60 Å². The summed E-state index contributed by atoms with van der Waals surface area (Å²) in [4.78, 5) is 15.0. The monoisotopic (exact) mass is 376 g/mol. The summed E-state index contributed by atoms with van der Waals surface area (Å²) in [5.74, 6) is 1.78. The molecule has 0 bridgehead atoms. The van der Waals surface area contributed by atoms with Crippen LogP contribution in [0.3, 0.4) is 0 Å². The van der Waals surface area contributed by atoms with E-state index in [1.165, 1.54) is 64.5 Å². The maximum Gasteiger partial charge on any atom is 0.407 e. The van der Waals surface area contributed by atoms with Gasteiger partial charge in [-0.25, -0.2) is 4.79 Å². The Hall–Kier alpha value is -1.03. The topological polar surface area (TPSA) is 41.6 Å². The molecule has 0 aromatic rings. The first kappa shape index (κ1) is 20.7. The number of hydrogen-bond acceptors (Lipinski definition) is 3. The van der Waals surface area contributed by atoms with E-state index in [-0.39, 0.29) is 12.1 Å². The molecule has 3 rings (SSSR count). The normalized spacial score (nSPS) is 34.5. The number of carbonyl (C=O) groups is 1. The van der Waals surface area contributed by atoms with Crippen molar-refractivity contribution in [1.82, 2.24) is 10.2 Å². The molecule has 1 saturated heterocycles. The molecule has 4 atom stereocenters. The molecule has 2 fully saturated rings. The Labute approximate surface area is 166 Å². The van der Waals surface area contributed by atoms with E-state index in [0.717, 1.165) is 24.7 Å². The third kappa shape index (κ3) is 7.14. The van der Waals surface area contributed by atoms with Gasteiger partial charge in [0.25, 0.3) is 0 Å². The van der Waals surface area contributed by atoms with E-state index in [4.69, 9.17) is 4.74 Å². The molecule has 1 amide bonds. The predicted octanol–water partition coefficient (Wildman–Crippen LogP) is 5.28. The third-order valence-electron chi connectivity index (χ3n) is 6.35. The van der Waals surface area contributed by atoms with E-state index in [9.17, 15) is 4.79 Å². The van der Waals surface area contributed by atoms with E-state index >= 15 is 0 Å². The molecule has 0 radical (unpaired) electrons. The Morgan fingerprint density at radius 1 is 1.04 bits per heavy atom.